The summed E-state index contributed by atoms with van der Waals surface area (Å²) in [6.07, 6.45) is 2.81. The zero-order valence-electron chi connectivity index (χ0n) is 10.2. The molecule has 0 bridgehead atoms. The molecule has 0 aliphatic heterocycles. The molecule has 2 N–H and O–H groups in total. The van der Waals surface area contributed by atoms with Gasteiger partial charge in [-0.25, -0.2) is 0 Å². The molecule has 2 rings (SSSR count). The SMILES string of the molecule is Cc1cc(C(=O)NCC2(CC(=O)O)CCC2)no1. The number of carboxylic acid groups (broad SMARTS) is 1. The number of carboxylic acids is 1. The molecule has 0 spiro atoms. The van der Waals surface area contributed by atoms with Crippen LogP contribution >= 0.6 is 0 Å². The number of aromatic nitrogens is 1. The van der Waals surface area contributed by atoms with Crippen molar-refractivity contribution >= 4 is 11.9 Å². The maximum Gasteiger partial charge on any atom is 0.303 e. The fourth-order valence-electron chi connectivity index (χ4n) is 2.25. The Hall–Kier alpha value is -1.85. The Labute approximate surface area is 104 Å². The number of hydrogen-bond acceptors (Lipinski definition) is 4. The molecule has 6 nitrogen and oxygen atoms in total. The van der Waals surface area contributed by atoms with Crippen molar-refractivity contribution < 1.29 is 19.2 Å². The Balaban J connectivity index is 1.90. The Morgan fingerprint density at radius 2 is 2.28 bits per heavy atom. The highest BCUT2D eigenvalue weighted by molar-refractivity contribution is 5.92. The van der Waals surface area contributed by atoms with Crippen LogP contribution in [-0.4, -0.2) is 28.7 Å². The van der Waals surface area contributed by atoms with E-state index in [2.05, 4.69) is 10.5 Å². The Kier molecular flexibility index (Phi) is 3.36. The number of amides is 1. The first-order valence-electron chi connectivity index (χ1n) is 5.94. The lowest BCUT2D eigenvalue weighted by Crippen LogP contribution is -2.43. The average Bonchev–Trinajstić information content (AvgIpc) is 2.68. The average molecular weight is 252 g/mol. The number of aliphatic carboxylic acids is 1. The molecule has 1 aliphatic carbocycles. The molecule has 0 unspecified atom stereocenters. The summed E-state index contributed by atoms with van der Waals surface area (Å²) >= 11 is 0. The van der Waals surface area contributed by atoms with E-state index >= 15 is 0 Å². The third-order valence-electron chi connectivity index (χ3n) is 3.42. The van der Waals surface area contributed by atoms with E-state index in [4.69, 9.17) is 9.63 Å². The highest BCUT2D eigenvalue weighted by atomic mass is 16.5. The van der Waals surface area contributed by atoms with Crippen LogP contribution in [0.1, 0.15) is 41.9 Å². The van der Waals surface area contributed by atoms with E-state index in [1.807, 2.05) is 0 Å². The first kappa shape index (κ1) is 12.6. The molecule has 1 aromatic heterocycles. The van der Waals surface area contributed by atoms with Crippen molar-refractivity contribution in [3.63, 3.8) is 0 Å². The van der Waals surface area contributed by atoms with Crippen molar-refractivity contribution in [1.82, 2.24) is 10.5 Å². The summed E-state index contributed by atoms with van der Waals surface area (Å²) in [7, 11) is 0. The molecule has 1 amide bonds. The van der Waals surface area contributed by atoms with Crippen molar-refractivity contribution in [1.29, 1.82) is 0 Å². The van der Waals surface area contributed by atoms with Gasteiger partial charge < -0.3 is 14.9 Å². The van der Waals surface area contributed by atoms with Crippen LogP contribution in [0.3, 0.4) is 0 Å². The molecule has 0 aromatic carbocycles. The van der Waals surface area contributed by atoms with Crippen LogP contribution in [0.15, 0.2) is 10.6 Å². The molecule has 1 aromatic rings. The summed E-state index contributed by atoms with van der Waals surface area (Å²) in [5, 5.41) is 15.2. The second kappa shape index (κ2) is 4.80. The van der Waals surface area contributed by atoms with Gasteiger partial charge in [0.25, 0.3) is 5.91 Å². The lowest BCUT2D eigenvalue weighted by molar-refractivity contribution is -0.141. The molecule has 1 saturated carbocycles. The minimum Gasteiger partial charge on any atom is -0.481 e. The highest BCUT2D eigenvalue weighted by Gasteiger charge is 2.39. The van der Waals surface area contributed by atoms with E-state index in [0.29, 0.717) is 12.3 Å². The van der Waals surface area contributed by atoms with Crippen LogP contribution in [0.2, 0.25) is 0 Å². The van der Waals surface area contributed by atoms with Gasteiger partial charge in [0.05, 0.1) is 6.42 Å². The van der Waals surface area contributed by atoms with Gasteiger partial charge in [-0.3, -0.25) is 9.59 Å². The molecular formula is C12H16N2O4. The van der Waals surface area contributed by atoms with Crippen LogP contribution in [0.25, 0.3) is 0 Å². The summed E-state index contributed by atoms with van der Waals surface area (Å²) in [5.41, 5.74) is -0.0439. The summed E-state index contributed by atoms with van der Waals surface area (Å²) in [6.45, 7) is 2.09. The molecule has 18 heavy (non-hydrogen) atoms. The number of rotatable bonds is 5. The molecule has 6 heteroatoms. The summed E-state index contributed by atoms with van der Waals surface area (Å²) in [5.74, 6) is -0.561. The molecule has 98 valence electrons. The lowest BCUT2D eigenvalue weighted by atomic mass is 9.66. The minimum atomic E-state index is -0.818. The maximum absolute atomic E-state index is 11.7. The normalized spacial score (nSPS) is 16.9. The van der Waals surface area contributed by atoms with E-state index in [9.17, 15) is 9.59 Å². The van der Waals surface area contributed by atoms with Crippen LogP contribution in [0, 0.1) is 12.3 Å². The lowest BCUT2D eigenvalue weighted by Gasteiger charge is -2.40. The summed E-state index contributed by atoms with van der Waals surface area (Å²) in [6, 6.07) is 1.56. The predicted molar refractivity (Wildman–Crippen MR) is 62.1 cm³/mol. The maximum atomic E-state index is 11.7. The van der Waals surface area contributed by atoms with Crippen LogP contribution in [-0.2, 0) is 4.79 Å². The van der Waals surface area contributed by atoms with Crippen molar-refractivity contribution in [2.24, 2.45) is 5.41 Å². The number of carbonyl (C=O) groups is 2. The van der Waals surface area contributed by atoms with E-state index in [1.165, 1.54) is 0 Å². The van der Waals surface area contributed by atoms with Gasteiger partial charge in [0.2, 0.25) is 0 Å². The van der Waals surface area contributed by atoms with E-state index < -0.39 is 5.97 Å². The second-order valence-corrected chi connectivity index (χ2v) is 4.93. The number of hydrogen-bond donors (Lipinski definition) is 2. The standard InChI is InChI=1S/C12H16N2O4/c1-8-5-9(14-18-8)11(17)13-7-12(3-2-4-12)6-10(15)16/h5H,2-4,6-7H2,1H3,(H,13,17)(H,15,16). The number of carbonyl (C=O) groups excluding carboxylic acids is 1. The molecule has 0 radical (unpaired) electrons. The molecule has 0 atom stereocenters. The van der Waals surface area contributed by atoms with Crippen LogP contribution < -0.4 is 5.32 Å². The van der Waals surface area contributed by atoms with Crippen LogP contribution in [0.5, 0.6) is 0 Å². The van der Waals surface area contributed by atoms with Gasteiger partial charge in [0, 0.05) is 12.6 Å². The zero-order valence-corrected chi connectivity index (χ0v) is 10.2. The first-order chi connectivity index (χ1) is 8.51. The largest absolute Gasteiger partial charge is 0.481 e. The van der Waals surface area contributed by atoms with Gasteiger partial charge >= 0.3 is 5.97 Å². The number of nitrogens with one attached hydrogen (secondary N) is 1. The summed E-state index contributed by atoms with van der Waals surface area (Å²) < 4.78 is 4.82. The fourth-order valence-corrected chi connectivity index (χ4v) is 2.25. The van der Waals surface area contributed by atoms with Crippen LogP contribution in [0.4, 0.5) is 0 Å². The van der Waals surface area contributed by atoms with E-state index in [1.54, 1.807) is 13.0 Å². The Morgan fingerprint density at radius 1 is 1.56 bits per heavy atom. The van der Waals surface area contributed by atoms with Crippen molar-refractivity contribution in [2.45, 2.75) is 32.6 Å². The van der Waals surface area contributed by atoms with E-state index in [0.717, 1.165) is 19.3 Å². The van der Waals surface area contributed by atoms with Gasteiger partial charge in [-0.05, 0) is 25.2 Å². The predicted octanol–water partition coefficient (Wildman–Crippen LogP) is 1.36. The topological polar surface area (TPSA) is 92.4 Å². The Morgan fingerprint density at radius 3 is 2.72 bits per heavy atom. The Bertz CT molecular complexity index is 462. The van der Waals surface area contributed by atoms with Gasteiger partial charge in [-0.1, -0.05) is 11.6 Å². The number of aryl methyl sites for hydroxylation is 1. The first-order valence-corrected chi connectivity index (χ1v) is 5.94. The zero-order chi connectivity index (χ0) is 13.2. The van der Waals surface area contributed by atoms with Gasteiger partial charge in [-0.15, -0.1) is 0 Å². The van der Waals surface area contributed by atoms with Crippen molar-refractivity contribution in [3.8, 4) is 0 Å². The third-order valence-corrected chi connectivity index (χ3v) is 3.42. The molecular weight excluding hydrogens is 236 g/mol. The van der Waals surface area contributed by atoms with Crippen molar-refractivity contribution in [2.75, 3.05) is 6.54 Å². The molecule has 0 saturated heterocycles. The molecule has 1 heterocycles. The monoisotopic (exact) mass is 252 g/mol. The summed E-state index contributed by atoms with van der Waals surface area (Å²) in [4.78, 5) is 22.5. The number of nitrogens with zero attached hydrogens (tertiary/aromatic N) is 1. The molecule has 1 fully saturated rings. The van der Waals surface area contributed by atoms with Gasteiger partial charge in [0.15, 0.2) is 5.69 Å². The third kappa shape index (κ3) is 2.69. The van der Waals surface area contributed by atoms with Gasteiger partial charge in [0.1, 0.15) is 5.76 Å². The fraction of sp³-hybridized carbons (Fsp3) is 0.583. The second-order valence-electron chi connectivity index (χ2n) is 4.93. The van der Waals surface area contributed by atoms with Crippen molar-refractivity contribution in [3.05, 3.63) is 17.5 Å². The smallest absolute Gasteiger partial charge is 0.303 e. The highest BCUT2D eigenvalue weighted by Crippen LogP contribution is 2.43. The molecule has 1 aliphatic rings. The van der Waals surface area contributed by atoms with Gasteiger partial charge in [-0.2, -0.15) is 0 Å². The van der Waals surface area contributed by atoms with E-state index in [-0.39, 0.29) is 23.4 Å². The quantitative estimate of drug-likeness (QED) is 0.825. The minimum absolute atomic E-state index is 0.102.